The van der Waals surface area contributed by atoms with Gasteiger partial charge < -0.3 is 19.7 Å². The molecule has 0 saturated heterocycles. The van der Waals surface area contributed by atoms with E-state index in [4.69, 9.17) is 9.47 Å². The Hall–Kier alpha value is -2.57. The van der Waals surface area contributed by atoms with Gasteiger partial charge in [0.25, 0.3) is 5.91 Å². The van der Waals surface area contributed by atoms with Crippen molar-refractivity contribution in [3.05, 3.63) is 29.8 Å². The third kappa shape index (κ3) is 5.47. The van der Waals surface area contributed by atoms with E-state index in [2.05, 4.69) is 5.32 Å². The monoisotopic (exact) mass is 362 g/mol. The summed E-state index contributed by atoms with van der Waals surface area (Å²) in [5.74, 6) is -0.794. The minimum Gasteiger partial charge on any atom is -0.452 e. The van der Waals surface area contributed by atoms with Gasteiger partial charge in [0, 0.05) is 18.8 Å². The van der Waals surface area contributed by atoms with Gasteiger partial charge in [-0.05, 0) is 45.7 Å². The van der Waals surface area contributed by atoms with Crippen LogP contribution in [0, 0.1) is 0 Å². The number of rotatable bonds is 5. The molecular formula is C19H26N2O5. The number of amides is 2. The Morgan fingerprint density at radius 2 is 1.92 bits per heavy atom. The predicted molar refractivity (Wildman–Crippen MR) is 96.9 cm³/mol. The first-order valence-corrected chi connectivity index (χ1v) is 8.73. The lowest BCUT2D eigenvalue weighted by molar-refractivity contribution is -0.153. The highest BCUT2D eigenvalue weighted by atomic mass is 16.6. The van der Waals surface area contributed by atoms with E-state index >= 15 is 0 Å². The van der Waals surface area contributed by atoms with Crippen molar-refractivity contribution in [2.45, 2.75) is 52.2 Å². The van der Waals surface area contributed by atoms with Crippen LogP contribution in [0.25, 0.3) is 0 Å². The number of hydrogen-bond acceptors (Lipinski definition) is 5. The number of anilines is 1. The van der Waals surface area contributed by atoms with Crippen LogP contribution in [0.2, 0.25) is 0 Å². The molecule has 0 fully saturated rings. The molecule has 0 radical (unpaired) electrons. The van der Waals surface area contributed by atoms with Gasteiger partial charge >= 0.3 is 12.1 Å². The van der Waals surface area contributed by atoms with E-state index in [-0.39, 0.29) is 18.9 Å². The maximum absolute atomic E-state index is 12.5. The number of benzene rings is 1. The average Bonchev–Trinajstić information content (AvgIpc) is 2.96. The van der Waals surface area contributed by atoms with E-state index < -0.39 is 23.8 Å². The Morgan fingerprint density at radius 3 is 2.62 bits per heavy atom. The number of hydrogen-bond donors (Lipinski definition) is 1. The summed E-state index contributed by atoms with van der Waals surface area (Å²) in [6, 6.07) is 7.69. The summed E-state index contributed by atoms with van der Waals surface area (Å²) in [6.45, 7) is 7.49. The third-order valence-electron chi connectivity index (χ3n) is 3.81. The molecule has 7 heteroatoms. The Morgan fingerprint density at radius 1 is 1.23 bits per heavy atom. The van der Waals surface area contributed by atoms with Crippen LogP contribution < -0.4 is 10.2 Å². The summed E-state index contributed by atoms with van der Waals surface area (Å²) >= 11 is 0. The molecule has 1 aromatic rings. The second kappa shape index (κ2) is 8.21. The van der Waals surface area contributed by atoms with Gasteiger partial charge in [-0.15, -0.1) is 0 Å². The second-order valence-corrected chi connectivity index (χ2v) is 7.18. The summed E-state index contributed by atoms with van der Waals surface area (Å²) in [7, 11) is 0. The smallest absolute Gasteiger partial charge is 0.407 e. The lowest BCUT2D eigenvalue weighted by Gasteiger charge is -2.22. The van der Waals surface area contributed by atoms with E-state index in [0.29, 0.717) is 6.54 Å². The summed E-state index contributed by atoms with van der Waals surface area (Å²) in [6.07, 6.45) is -0.714. The van der Waals surface area contributed by atoms with Crippen LogP contribution in [0.4, 0.5) is 10.5 Å². The van der Waals surface area contributed by atoms with Crippen molar-refractivity contribution in [1.29, 1.82) is 0 Å². The normalized spacial score (nSPS) is 14.4. The van der Waals surface area contributed by atoms with E-state index in [0.717, 1.165) is 17.7 Å². The number of carbonyl (C=O) groups excluding carboxylic acids is 3. The highest BCUT2D eigenvalue weighted by molar-refractivity contribution is 5.99. The standard InChI is InChI=1S/C19H26N2O5/c1-13(17(23)21-12-10-14-7-5-6-8-15(14)21)25-16(22)9-11-20-18(24)26-19(2,3)4/h5-8,13H,9-12H2,1-4H3,(H,20,24)/t13-/m1/s1. The van der Waals surface area contributed by atoms with E-state index in [1.54, 1.807) is 32.6 Å². The van der Waals surface area contributed by atoms with Gasteiger partial charge in [-0.2, -0.15) is 0 Å². The fourth-order valence-electron chi connectivity index (χ4n) is 2.67. The molecule has 0 aromatic heterocycles. The molecule has 1 aliphatic rings. The van der Waals surface area contributed by atoms with Crippen LogP contribution in [0.15, 0.2) is 24.3 Å². The van der Waals surface area contributed by atoms with Gasteiger partial charge in [-0.1, -0.05) is 18.2 Å². The first-order chi connectivity index (χ1) is 12.2. The van der Waals surface area contributed by atoms with Crippen molar-refractivity contribution in [2.75, 3.05) is 18.0 Å². The Bertz CT molecular complexity index is 681. The molecule has 2 rings (SSSR count). The third-order valence-corrected chi connectivity index (χ3v) is 3.81. The van der Waals surface area contributed by atoms with Crippen LogP contribution in [-0.4, -0.2) is 42.8 Å². The minimum atomic E-state index is -0.879. The SMILES string of the molecule is C[C@@H](OC(=O)CCNC(=O)OC(C)(C)C)C(=O)N1CCc2ccccc21. The van der Waals surface area contributed by atoms with Crippen molar-refractivity contribution >= 4 is 23.7 Å². The first kappa shape index (κ1) is 19.8. The molecule has 7 nitrogen and oxygen atoms in total. The van der Waals surface area contributed by atoms with E-state index in [1.165, 1.54) is 0 Å². The van der Waals surface area contributed by atoms with Gasteiger partial charge in [-0.25, -0.2) is 4.79 Å². The topological polar surface area (TPSA) is 84.9 Å². The molecule has 2 amide bonds. The van der Waals surface area contributed by atoms with Crippen LogP contribution >= 0.6 is 0 Å². The molecule has 0 spiro atoms. The number of alkyl carbamates (subject to hydrolysis) is 1. The Balaban J connectivity index is 1.77. The van der Waals surface area contributed by atoms with E-state index in [1.807, 2.05) is 24.3 Å². The van der Waals surface area contributed by atoms with Gasteiger partial charge in [0.15, 0.2) is 6.10 Å². The highest BCUT2D eigenvalue weighted by Gasteiger charge is 2.29. The summed E-state index contributed by atoms with van der Waals surface area (Å²) in [5, 5.41) is 2.48. The Labute approximate surface area is 153 Å². The number of fused-ring (bicyclic) bond motifs is 1. The first-order valence-electron chi connectivity index (χ1n) is 8.73. The molecule has 0 bridgehead atoms. The van der Waals surface area contributed by atoms with Crippen LogP contribution in [-0.2, 0) is 25.5 Å². The highest BCUT2D eigenvalue weighted by Crippen LogP contribution is 2.28. The van der Waals surface area contributed by atoms with Gasteiger partial charge in [-0.3, -0.25) is 9.59 Å². The lowest BCUT2D eigenvalue weighted by atomic mass is 10.2. The van der Waals surface area contributed by atoms with Crippen molar-refractivity contribution in [3.8, 4) is 0 Å². The number of nitrogens with one attached hydrogen (secondary N) is 1. The van der Waals surface area contributed by atoms with Gasteiger partial charge in [0.1, 0.15) is 5.60 Å². The van der Waals surface area contributed by atoms with E-state index in [9.17, 15) is 14.4 Å². The molecule has 1 heterocycles. The second-order valence-electron chi connectivity index (χ2n) is 7.18. The molecule has 1 N–H and O–H groups in total. The molecule has 0 unspecified atom stereocenters. The van der Waals surface area contributed by atoms with Crippen LogP contribution in [0.1, 0.15) is 39.7 Å². The number of carbonyl (C=O) groups is 3. The fraction of sp³-hybridized carbons (Fsp3) is 0.526. The lowest BCUT2D eigenvalue weighted by Crippen LogP contribution is -2.39. The number of nitrogens with zero attached hydrogens (tertiary/aromatic N) is 1. The quantitative estimate of drug-likeness (QED) is 0.813. The molecule has 0 aliphatic carbocycles. The molecule has 1 aliphatic heterocycles. The van der Waals surface area contributed by atoms with Crippen LogP contribution in [0.3, 0.4) is 0 Å². The fourth-order valence-corrected chi connectivity index (χ4v) is 2.67. The largest absolute Gasteiger partial charge is 0.452 e. The number of para-hydroxylation sites is 1. The maximum Gasteiger partial charge on any atom is 0.407 e. The molecule has 0 saturated carbocycles. The van der Waals surface area contributed by atoms with Gasteiger partial charge in [0.05, 0.1) is 6.42 Å². The van der Waals surface area contributed by atoms with Crippen molar-refractivity contribution in [1.82, 2.24) is 5.32 Å². The molecule has 26 heavy (non-hydrogen) atoms. The number of ether oxygens (including phenoxy) is 2. The maximum atomic E-state index is 12.5. The number of esters is 1. The molecule has 1 atom stereocenters. The Kier molecular flexibility index (Phi) is 6.23. The summed E-state index contributed by atoms with van der Waals surface area (Å²) in [4.78, 5) is 37.6. The van der Waals surface area contributed by atoms with Crippen LogP contribution in [0.5, 0.6) is 0 Å². The van der Waals surface area contributed by atoms with Crippen molar-refractivity contribution in [3.63, 3.8) is 0 Å². The summed E-state index contributed by atoms with van der Waals surface area (Å²) < 4.78 is 10.3. The summed E-state index contributed by atoms with van der Waals surface area (Å²) in [5.41, 5.74) is 1.38. The zero-order chi connectivity index (χ0) is 19.3. The van der Waals surface area contributed by atoms with Gasteiger partial charge in [0.2, 0.25) is 0 Å². The van der Waals surface area contributed by atoms with Crippen molar-refractivity contribution in [2.24, 2.45) is 0 Å². The predicted octanol–water partition coefficient (Wildman–Crippen LogP) is 2.42. The minimum absolute atomic E-state index is 0.0343. The molecule has 142 valence electrons. The average molecular weight is 362 g/mol. The zero-order valence-corrected chi connectivity index (χ0v) is 15.7. The van der Waals surface area contributed by atoms with Crippen molar-refractivity contribution < 1.29 is 23.9 Å². The molecular weight excluding hydrogens is 336 g/mol. The zero-order valence-electron chi connectivity index (χ0n) is 15.7. The molecule has 1 aromatic carbocycles.